The monoisotopic (exact) mass is 276 g/mol. The second-order valence-corrected chi connectivity index (χ2v) is 4.68. The number of halogens is 4. The van der Waals surface area contributed by atoms with E-state index in [1.807, 2.05) is 0 Å². The van der Waals surface area contributed by atoms with Crippen molar-refractivity contribution < 1.29 is 17.6 Å². The third kappa shape index (κ3) is 4.18. The van der Waals surface area contributed by atoms with Crippen molar-refractivity contribution in [3.8, 4) is 0 Å². The van der Waals surface area contributed by atoms with Crippen LogP contribution >= 0.6 is 0 Å². The summed E-state index contributed by atoms with van der Waals surface area (Å²) in [7, 11) is 0. The first-order valence-electron chi connectivity index (χ1n) is 6.23. The predicted molar refractivity (Wildman–Crippen MR) is 64.3 cm³/mol. The molecule has 2 rings (SSSR count). The van der Waals surface area contributed by atoms with Crippen LogP contribution in [0.15, 0.2) is 24.3 Å². The summed E-state index contributed by atoms with van der Waals surface area (Å²) < 4.78 is 50.1. The SMILES string of the molecule is Fc1cccc(C2CNCCN2CCC(F)(F)F)c1. The molecule has 0 aliphatic carbocycles. The summed E-state index contributed by atoms with van der Waals surface area (Å²) in [6.07, 6.45) is -4.99. The van der Waals surface area contributed by atoms with Gasteiger partial charge in [-0.05, 0) is 17.7 Å². The molecule has 0 spiro atoms. The molecule has 0 aromatic heterocycles. The first-order valence-corrected chi connectivity index (χ1v) is 6.23. The van der Waals surface area contributed by atoms with Crippen LogP contribution in [-0.4, -0.2) is 37.3 Å². The van der Waals surface area contributed by atoms with E-state index in [2.05, 4.69) is 5.32 Å². The quantitative estimate of drug-likeness (QED) is 0.854. The van der Waals surface area contributed by atoms with E-state index in [0.29, 0.717) is 19.6 Å². The largest absolute Gasteiger partial charge is 0.390 e. The van der Waals surface area contributed by atoms with Gasteiger partial charge < -0.3 is 5.32 Å². The number of nitrogens with zero attached hydrogens (tertiary/aromatic N) is 1. The Morgan fingerprint density at radius 1 is 1.32 bits per heavy atom. The van der Waals surface area contributed by atoms with Crippen LogP contribution in [0, 0.1) is 5.82 Å². The molecule has 1 saturated heterocycles. The highest BCUT2D eigenvalue weighted by Crippen LogP contribution is 2.26. The maximum Gasteiger partial charge on any atom is 0.390 e. The van der Waals surface area contributed by atoms with Gasteiger partial charge in [-0.15, -0.1) is 0 Å². The van der Waals surface area contributed by atoms with E-state index >= 15 is 0 Å². The van der Waals surface area contributed by atoms with Crippen LogP contribution in [0.2, 0.25) is 0 Å². The van der Waals surface area contributed by atoms with Crippen molar-refractivity contribution in [1.29, 1.82) is 0 Å². The summed E-state index contributed by atoms with van der Waals surface area (Å²) in [5.74, 6) is -0.362. The lowest BCUT2D eigenvalue weighted by molar-refractivity contribution is -0.139. The number of nitrogens with one attached hydrogen (secondary N) is 1. The highest BCUT2D eigenvalue weighted by atomic mass is 19.4. The summed E-state index contributed by atoms with van der Waals surface area (Å²) in [5, 5.41) is 3.13. The van der Waals surface area contributed by atoms with Crippen molar-refractivity contribution in [2.24, 2.45) is 0 Å². The Balaban J connectivity index is 2.07. The lowest BCUT2D eigenvalue weighted by Gasteiger charge is -2.36. The lowest BCUT2D eigenvalue weighted by Crippen LogP contribution is -2.46. The first kappa shape index (κ1) is 14.3. The number of alkyl halides is 3. The molecule has 1 unspecified atom stereocenters. The maximum absolute atomic E-state index is 13.2. The molecule has 1 aromatic rings. The summed E-state index contributed by atoms with van der Waals surface area (Å²) in [6.45, 7) is 1.69. The van der Waals surface area contributed by atoms with Crippen molar-refractivity contribution in [3.63, 3.8) is 0 Å². The third-order valence-corrected chi connectivity index (χ3v) is 3.27. The van der Waals surface area contributed by atoms with E-state index in [1.54, 1.807) is 17.0 Å². The number of piperazine rings is 1. The minimum absolute atomic E-state index is 0.0492. The van der Waals surface area contributed by atoms with Crippen LogP contribution in [0.5, 0.6) is 0 Å². The van der Waals surface area contributed by atoms with Gasteiger partial charge in [0.15, 0.2) is 0 Å². The van der Waals surface area contributed by atoms with Crippen molar-refractivity contribution in [3.05, 3.63) is 35.6 Å². The number of hydrogen-bond donors (Lipinski definition) is 1. The Kier molecular flexibility index (Phi) is 4.42. The Bertz CT molecular complexity index is 419. The highest BCUT2D eigenvalue weighted by Gasteiger charge is 2.31. The zero-order chi connectivity index (χ0) is 13.9. The minimum atomic E-state index is -4.16. The Hall–Kier alpha value is -1.14. The second kappa shape index (κ2) is 5.88. The van der Waals surface area contributed by atoms with Gasteiger partial charge in [0, 0.05) is 32.2 Å². The molecule has 1 atom stereocenters. The van der Waals surface area contributed by atoms with Crippen molar-refractivity contribution >= 4 is 0 Å². The smallest absolute Gasteiger partial charge is 0.314 e. The van der Waals surface area contributed by atoms with Gasteiger partial charge >= 0.3 is 6.18 Å². The molecular formula is C13H16F4N2. The van der Waals surface area contributed by atoms with E-state index in [4.69, 9.17) is 0 Å². The standard InChI is InChI=1S/C13H16F4N2/c14-11-3-1-2-10(8-11)12-9-18-5-7-19(12)6-4-13(15,16)17/h1-3,8,12,18H,4-7,9H2. The van der Waals surface area contributed by atoms with Gasteiger partial charge in [0.1, 0.15) is 5.82 Å². The molecule has 6 heteroatoms. The number of rotatable bonds is 3. The Morgan fingerprint density at radius 3 is 2.79 bits per heavy atom. The van der Waals surface area contributed by atoms with Crippen LogP contribution in [-0.2, 0) is 0 Å². The minimum Gasteiger partial charge on any atom is -0.314 e. The van der Waals surface area contributed by atoms with Gasteiger partial charge in [-0.1, -0.05) is 12.1 Å². The third-order valence-electron chi connectivity index (χ3n) is 3.27. The Labute approximate surface area is 109 Å². The van der Waals surface area contributed by atoms with Gasteiger partial charge in [0.05, 0.1) is 6.42 Å². The van der Waals surface area contributed by atoms with Gasteiger partial charge in [-0.25, -0.2) is 4.39 Å². The zero-order valence-electron chi connectivity index (χ0n) is 10.4. The van der Waals surface area contributed by atoms with Crippen LogP contribution < -0.4 is 5.32 Å². The highest BCUT2D eigenvalue weighted by molar-refractivity contribution is 5.21. The van der Waals surface area contributed by atoms with Crippen LogP contribution in [0.1, 0.15) is 18.0 Å². The van der Waals surface area contributed by atoms with Gasteiger partial charge in [0.2, 0.25) is 0 Å². The second-order valence-electron chi connectivity index (χ2n) is 4.68. The van der Waals surface area contributed by atoms with Crippen molar-refractivity contribution in [2.45, 2.75) is 18.6 Å². The van der Waals surface area contributed by atoms with E-state index in [0.717, 1.165) is 5.56 Å². The fourth-order valence-electron chi connectivity index (χ4n) is 2.33. The van der Waals surface area contributed by atoms with E-state index in [9.17, 15) is 17.6 Å². The lowest BCUT2D eigenvalue weighted by atomic mass is 10.0. The summed E-state index contributed by atoms with van der Waals surface area (Å²) >= 11 is 0. The van der Waals surface area contributed by atoms with Crippen molar-refractivity contribution in [2.75, 3.05) is 26.2 Å². The average molecular weight is 276 g/mol. The molecule has 1 aromatic carbocycles. The molecule has 1 fully saturated rings. The fourth-order valence-corrected chi connectivity index (χ4v) is 2.33. The number of hydrogen-bond acceptors (Lipinski definition) is 2. The predicted octanol–water partition coefficient (Wildman–Crippen LogP) is 2.72. The van der Waals surface area contributed by atoms with E-state index in [1.165, 1.54) is 12.1 Å². The maximum atomic E-state index is 13.2. The molecule has 0 bridgehead atoms. The fraction of sp³-hybridized carbons (Fsp3) is 0.538. The molecule has 1 N–H and O–H groups in total. The first-order chi connectivity index (χ1) is 8.96. The molecule has 1 heterocycles. The molecule has 1 aliphatic heterocycles. The van der Waals surface area contributed by atoms with Gasteiger partial charge in [0.25, 0.3) is 0 Å². The van der Waals surface area contributed by atoms with E-state index < -0.39 is 12.6 Å². The molecular weight excluding hydrogens is 260 g/mol. The number of benzene rings is 1. The molecule has 19 heavy (non-hydrogen) atoms. The average Bonchev–Trinajstić information content (AvgIpc) is 2.36. The van der Waals surface area contributed by atoms with Crippen LogP contribution in [0.3, 0.4) is 0 Å². The zero-order valence-corrected chi connectivity index (χ0v) is 10.4. The molecule has 0 amide bonds. The van der Waals surface area contributed by atoms with E-state index in [-0.39, 0.29) is 18.4 Å². The summed E-state index contributed by atoms with van der Waals surface area (Å²) in [4.78, 5) is 1.76. The van der Waals surface area contributed by atoms with Gasteiger partial charge in [-0.2, -0.15) is 13.2 Å². The molecule has 0 radical (unpaired) electrons. The van der Waals surface area contributed by atoms with Crippen molar-refractivity contribution in [1.82, 2.24) is 10.2 Å². The molecule has 2 nitrogen and oxygen atoms in total. The normalized spacial score (nSPS) is 21.6. The Morgan fingerprint density at radius 2 is 2.11 bits per heavy atom. The molecule has 106 valence electrons. The topological polar surface area (TPSA) is 15.3 Å². The van der Waals surface area contributed by atoms with Crippen LogP contribution in [0.25, 0.3) is 0 Å². The molecule has 1 aliphatic rings. The molecule has 0 saturated carbocycles. The van der Waals surface area contributed by atoms with Gasteiger partial charge in [-0.3, -0.25) is 4.90 Å². The summed E-state index contributed by atoms with van der Waals surface area (Å²) in [5.41, 5.74) is 0.717. The summed E-state index contributed by atoms with van der Waals surface area (Å²) in [6, 6.07) is 5.85. The van der Waals surface area contributed by atoms with Crippen LogP contribution in [0.4, 0.5) is 17.6 Å².